The van der Waals surface area contributed by atoms with Crippen LogP contribution in [0.5, 0.6) is 0 Å². The average molecular weight is 300 g/mol. The van der Waals surface area contributed by atoms with Gasteiger partial charge in [0, 0.05) is 12.1 Å². The van der Waals surface area contributed by atoms with Crippen LogP contribution in [0.15, 0.2) is 54.7 Å². The molecule has 0 unspecified atom stereocenters. The molecule has 0 aliphatic carbocycles. The van der Waals surface area contributed by atoms with Gasteiger partial charge >= 0.3 is 0 Å². The van der Waals surface area contributed by atoms with Gasteiger partial charge < -0.3 is 4.55 Å². The Bertz CT molecular complexity index is 594. The first-order valence-corrected chi connectivity index (χ1v) is 7.41. The highest BCUT2D eigenvalue weighted by Crippen LogP contribution is 2.02. The first-order valence-electron chi connectivity index (χ1n) is 5.46. The van der Waals surface area contributed by atoms with E-state index in [4.69, 9.17) is 11.6 Å². The maximum atomic E-state index is 10.2. The van der Waals surface area contributed by atoms with Crippen LogP contribution in [0.4, 0.5) is 0 Å². The number of aromatic nitrogens is 1. The van der Waals surface area contributed by atoms with Gasteiger partial charge in [-0.25, -0.2) is 8.42 Å². The SMILES string of the molecule is C[n+]1ccccc1Cl.O=S(=O)([O-])Cc1ccccc1. The van der Waals surface area contributed by atoms with E-state index in [2.05, 4.69) is 0 Å². The van der Waals surface area contributed by atoms with E-state index in [0.29, 0.717) is 5.56 Å². The Balaban J connectivity index is 0.000000200. The molecule has 0 fully saturated rings. The molecule has 0 saturated heterocycles. The molecule has 1 aromatic carbocycles. The number of rotatable bonds is 2. The fourth-order valence-corrected chi connectivity index (χ4v) is 2.01. The predicted octanol–water partition coefficient (Wildman–Crippen LogP) is 1.90. The van der Waals surface area contributed by atoms with Gasteiger partial charge in [-0.3, -0.25) is 0 Å². The van der Waals surface area contributed by atoms with E-state index in [-0.39, 0.29) is 0 Å². The van der Waals surface area contributed by atoms with Crippen LogP contribution in [0.1, 0.15) is 5.56 Å². The van der Waals surface area contributed by atoms with Crippen molar-refractivity contribution >= 4 is 21.7 Å². The molecule has 102 valence electrons. The second-order valence-corrected chi connectivity index (χ2v) is 5.61. The van der Waals surface area contributed by atoms with Crippen molar-refractivity contribution in [2.75, 3.05) is 0 Å². The molecular weight excluding hydrogens is 286 g/mol. The minimum Gasteiger partial charge on any atom is -0.748 e. The maximum absolute atomic E-state index is 10.2. The minimum absolute atomic E-state index is 0.423. The number of pyridine rings is 1. The van der Waals surface area contributed by atoms with Gasteiger partial charge in [-0.15, -0.1) is 0 Å². The molecule has 0 bridgehead atoms. The van der Waals surface area contributed by atoms with Gasteiger partial charge in [0.15, 0.2) is 6.20 Å². The van der Waals surface area contributed by atoms with Gasteiger partial charge in [0.05, 0.1) is 15.9 Å². The van der Waals surface area contributed by atoms with Crippen molar-refractivity contribution in [1.82, 2.24) is 0 Å². The average Bonchev–Trinajstić information content (AvgIpc) is 2.33. The molecule has 0 aliphatic heterocycles. The van der Waals surface area contributed by atoms with E-state index >= 15 is 0 Å². The number of hydrogen-bond acceptors (Lipinski definition) is 3. The van der Waals surface area contributed by atoms with E-state index in [1.54, 1.807) is 30.3 Å². The third-order valence-electron chi connectivity index (χ3n) is 2.18. The van der Waals surface area contributed by atoms with Gasteiger partial charge in [0.2, 0.25) is 0 Å². The Hall–Kier alpha value is -1.43. The molecule has 19 heavy (non-hydrogen) atoms. The van der Waals surface area contributed by atoms with Crippen molar-refractivity contribution < 1.29 is 17.5 Å². The largest absolute Gasteiger partial charge is 0.748 e. The molecule has 0 spiro atoms. The first kappa shape index (κ1) is 15.6. The second kappa shape index (κ2) is 7.23. The van der Waals surface area contributed by atoms with Crippen LogP contribution in [-0.2, 0) is 22.9 Å². The lowest BCUT2D eigenvalue weighted by Crippen LogP contribution is -2.27. The molecule has 6 heteroatoms. The molecule has 0 amide bonds. The maximum Gasteiger partial charge on any atom is 0.274 e. The summed E-state index contributed by atoms with van der Waals surface area (Å²) in [7, 11) is -2.22. The van der Waals surface area contributed by atoms with Gasteiger partial charge in [-0.2, -0.15) is 4.57 Å². The Morgan fingerprint density at radius 1 is 1.11 bits per heavy atom. The molecule has 2 rings (SSSR count). The van der Waals surface area contributed by atoms with Gasteiger partial charge in [-0.1, -0.05) is 30.3 Å². The summed E-state index contributed by atoms with van der Waals surface area (Å²) in [5, 5.41) is 0.757. The lowest BCUT2D eigenvalue weighted by Gasteiger charge is -2.05. The molecule has 0 saturated carbocycles. The number of benzene rings is 1. The van der Waals surface area contributed by atoms with Crippen molar-refractivity contribution in [3.63, 3.8) is 0 Å². The highest BCUT2D eigenvalue weighted by atomic mass is 35.5. The number of aryl methyl sites for hydroxylation is 1. The smallest absolute Gasteiger partial charge is 0.274 e. The van der Waals surface area contributed by atoms with Crippen molar-refractivity contribution in [3.8, 4) is 0 Å². The summed E-state index contributed by atoms with van der Waals surface area (Å²) in [6.07, 6.45) is 1.91. The van der Waals surface area contributed by atoms with Crippen LogP contribution in [-0.4, -0.2) is 13.0 Å². The third kappa shape index (κ3) is 6.91. The van der Waals surface area contributed by atoms with Crippen LogP contribution in [0, 0.1) is 0 Å². The molecule has 1 aromatic heterocycles. The fraction of sp³-hybridized carbons (Fsp3) is 0.154. The molecular formula is C13H14ClNO3S. The van der Waals surface area contributed by atoms with Crippen molar-refractivity contribution in [3.05, 3.63) is 65.4 Å². The lowest BCUT2D eigenvalue weighted by molar-refractivity contribution is -0.669. The zero-order chi connectivity index (χ0) is 14.3. The molecule has 1 heterocycles. The minimum atomic E-state index is -4.13. The summed E-state index contributed by atoms with van der Waals surface area (Å²) >= 11 is 5.67. The Kier molecular flexibility index (Phi) is 5.95. The zero-order valence-corrected chi connectivity index (χ0v) is 11.9. The van der Waals surface area contributed by atoms with Crippen molar-refractivity contribution in [2.45, 2.75) is 5.75 Å². The quantitative estimate of drug-likeness (QED) is 0.483. The summed E-state index contributed by atoms with van der Waals surface area (Å²) in [5.74, 6) is -0.423. The molecule has 0 atom stereocenters. The standard InChI is InChI=1S/C7H8O3S.C6H7ClN/c8-11(9,10)6-7-4-2-1-3-5-7;1-8-5-3-2-4-6(8)7/h1-5H,6H2,(H,8,9,10);2-5H,1H3/q;+1/p-1. The van der Waals surface area contributed by atoms with Crippen LogP contribution >= 0.6 is 11.6 Å². The Morgan fingerprint density at radius 3 is 2.11 bits per heavy atom. The monoisotopic (exact) mass is 299 g/mol. The Labute approximate surface area is 118 Å². The van der Waals surface area contributed by atoms with Gasteiger partial charge in [-0.05, 0) is 23.2 Å². The molecule has 0 radical (unpaired) electrons. The predicted molar refractivity (Wildman–Crippen MR) is 72.5 cm³/mol. The molecule has 0 aliphatic rings. The van der Waals surface area contributed by atoms with Crippen molar-refractivity contribution in [2.24, 2.45) is 7.05 Å². The lowest BCUT2D eigenvalue weighted by atomic mass is 10.2. The summed E-state index contributed by atoms with van der Waals surface area (Å²) in [4.78, 5) is 0. The number of nitrogens with zero attached hydrogens (tertiary/aromatic N) is 1. The summed E-state index contributed by atoms with van der Waals surface area (Å²) in [6, 6.07) is 14.1. The van der Waals surface area contributed by atoms with E-state index < -0.39 is 15.9 Å². The van der Waals surface area contributed by atoms with E-state index in [9.17, 15) is 13.0 Å². The highest BCUT2D eigenvalue weighted by molar-refractivity contribution is 7.84. The normalized spacial score (nSPS) is 10.5. The molecule has 0 N–H and O–H groups in total. The van der Waals surface area contributed by atoms with Gasteiger partial charge in [0.25, 0.3) is 5.15 Å². The van der Waals surface area contributed by atoms with Crippen LogP contribution in [0.3, 0.4) is 0 Å². The van der Waals surface area contributed by atoms with E-state index in [0.717, 1.165) is 5.15 Å². The molecule has 4 nitrogen and oxygen atoms in total. The Morgan fingerprint density at radius 2 is 1.68 bits per heavy atom. The van der Waals surface area contributed by atoms with Crippen LogP contribution in [0.2, 0.25) is 5.15 Å². The zero-order valence-electron chi connectivity index (χ0n) is 10.4. The summed E-state index contributed by atoms with van der Waals surface area (Å²) in [5.41, 5.74) is 0.530. The van der Waals surface area contributed by atoms with Crippen molar-refractivity contribution in [1.29, 1.82) is 0 Å². The number of halogens is 1. The first-order chi connectivity index (χ1) is 8.88. The third-order valence-corrected chi connectivity index (χ3v) is 3.26. The number of hydrogen-bond donors (Lipinski definition) is 0. The van der Waals surface area contributed by atoms with E-state index in [1.165, 1.54) is 0 Å². The van der Waals surface area contributed by atoms with Crippen LogP contribution < -0.4 is 4.57 Å². The second-order valence-electron chi connectivity index (χ2n) is 3.82. The summed E-state index contributed by atoms with van der Waals surface area (Å²) in [6.45, 7) is 0. The summed E-state index contributed by atoms with van der Waals surface area (Å²) < 4.78 is 32.6. The van der Waals surface area contributed by atoms with E-state index in [1.807, 2.05) is 36.0 Å². The van der Waals surface area contributed by atoms with Gasteiger partial charge in [0.1, 0.15) is 7.05 Å². The highest BCUT2D eigenvalue weighted by Gasteiger charge is 1.96. The fourth-order valence-electron chi connectivity index (χ4n) is 1.28. The van der Waals surface area contributed by atoms with Crippen LogP contribution in [0.25, 0.3) is 0 Å². The topological polar surface area (TPSA) is 61.1 Å². The molecule has 2 aromatic rings.